The lowest BCUT2D eigenvalue weighted by molar-refractivity contribution is 0.102. The molecular formula is C14H13BrFN3O. The SMILES string of the molecule is Cc1ccc(Br)c(NC(=O)c2cccc(F)c2NN)c1. The van der Waals surface area contributed by atoms with Gasteiger partial charge in [0.25, 0.3) is 5.91 Å². The number of benzene rings is 2. The largest absolute Gasteiger partial charge is 0.321 e. The van der Waals surface area contributed by atoms with Crippen molar-refractivity contribution >= 4 is 33.2 Å². The van der Waals surface area contributed by atoms with Crippen LogP contribution >= 0.6 is 15.9 Å². The van der Waals surface area contributed by atoms with Gasteiger partial charge < -0.3 is 10.7 Å². The van der Waals surface area contributed by atoms with E-state index in [-0.39, 0.29) is 11.3 Å². The molecule has 0 aliphatic carbocycles. The first-order chi connectivity index (χ1) is 9.52. The van der Waals surface area contributed by atoms with Gasteiger partial charge in [0.15, 0.2) is 0 Å². The molecule has 1 amide bonds. The summed E-state index contributed by atoms with van der Waals surface area (Å²) in [5.74, 6) is 4.24. The standard InChI is InChI=1S/C14H13BrFN3O/c1-8-5-6-10(15)12(7-8)18-14(20)9-3-2-4-11(16)13(9)19-17/h2-7,19H,17H2,1H3,(H,18,20). The van der Waals surface area contributed by atoms with Crippen LogP contribution in [0.25, 0.3) is 0 Å². The Bertz CT molecular complexity index is 661. The van der Waals surface area contributed by atoms with Crippen molar-refractivity contribution in [3.8, 4) is 0 Å². The average Bonchev–Trinajstić information content (AvgIpc) is 2.42. The Labute approximate surface area is 124 Å². The zero-order valence-electron chi connectivity index (χ0n) is 10.7. The molecule has 6 heteroatoms. The zero-order chi connectivity index (χ0) is 14.7. The van der Waals surface area contributed by atoms with E-state index in [1.54, 1.807) is 0 Å². The second-order valence-electron chi connectivity index (χ2n) is 4.24. The lowest BCUT2D eigenvalue weighted by Gasteiger charge is -2.12. The molecule has 0 radical (unpaired) electrons. The van der Waals surface area contributed by atoms with Gasteiger partial charge in [-0.3, -0.25) is 10.6 Å². The van der Waals surface area contributed by atoms with E-state index < -0.39 is 11.7 Å². The van der Waals surface area contributed by atoms with Crippen molar-refractivity contribution in [2.75, 3.05) is 10.7 Å². The van der Waals surface area contributed by atoms with Gasteiger partial charge in [-0.1, -0.05) is 12.1 Å². The minimum Gasteiger partial charge on any atom is -0.321 e. The van der Waals surface area contributed by atoms with Crippen LogP contribution in [0.2, 0.25) is 0 Å². The Kier molecular flexibility index (Phi) is 4.36. The Morgan fingerprint density at radius 1 is 1.30 bits per heavy atom. The molecule has 2 rings (SSSR count). The molecule has 0 aliphatic rings. The highest BCUT2D eigenvalue weighted by molar-refractivity contribution is 9.10. The van der Waals surface area contributed by atoms with Gasteiger partial charge >= 0.3 is 0 Å². The summed E-state index contributed by atoms with van der Waals surface area (Å²) in [5, 5.41) is 2.72. The molecule has 0 aliphatic heterocycles. The van der Waals surface area contributed by atoms with Crippen LogP contribution in [-0.4, -0.2) is 5.91 Å². The lowest BCUT2D eigenvalue weighted by atomic mass is 10.1. The third kappa shape index (κ3) is 2.97. The molecule has 0 atom stereocenters. The molecule has 0 saturated carbocycles. The number of halogens is 2. The Morgan fingerprint density at radius 3 is 2.75 bits per heavy atom. The number of anilines is 2. The number of nitrogens with two attached hydrogens (primary N) is 1. The summed E-state index contributed by atoms with van der Waals surface area (Å²) in [6, 6.07) is 9.74. The summed E-state index contributed by atoms with van der Waals surface area (Å²) < 4.78 is 14.3. The number of hydrogen-bond donors (Lipinski definition) is 3. The van der Waals surface area contributed by atoms with E-state index in [0.717, 1.165) is 10.0 Å². The van der Waals surface area contributed by atoms with Gasteiger partial charge in [-0.2, -0.15) is 0 Å². The van der Waals surface area contributed by atoms with E-state index >= 15 is 0 Å². The molecule has 4 nitrogen and oxygen atoms in total. The molecule has 104 valence electrons. The summed E-state index contributed by atoms with van der Waals surface area (Å²) in [6.45, 7) is 1.91. The van der Waals surface area contributed by atoms with Gasteiger partial charge in [0.2, 0.25) is 0 Å². The van der Waals surface area contributed by atoms with Crippen LogP contribution in [-0.2, 0) is 0 Å². The van der Waals surface area contributed by atoms with E-state index in [4.69, 9.17) is 5.84 Å². The first kappa shape index (κ1) is 14.5. The van der Waals surface area contributed by atoms with Crippen LogP contribution in [0.5, 0.6) is 0 Å². The van der Waals surface area contributed by atoms with E-state index in [0.29, 0.717) is 5.69 Å². The Balaban J connectivity index is 2.33. The quantitative estimate of drug-likeness (QED) is 0.593. The summed E-state index contributed by atoms with van der Waals surface area (Å²) in [4.78, 5) is 12.2. The van der Waals surface area contributed by atoms with Gasteiger partial charge in [-0.05, 0) is 52.7 Å². The summed E-state index contributed by atoms with van der Waals surface area (Å²) in [5.41, 5.74) is 3.93. The second kappa shape index (κ2) is 6.02. The zero-order valence-corrected chi connectivity index (χ0v) is 12.3. The maximum absolute atomic E-state index is 13.6. The molecule has 2 aromatic rings. The van der Waals surface area contributed by atoms with Gasteiger partial charge in [0.05, 0.1) is 16.9 Å². The van der Waals surface area contributed by atoms with E-state index in [9.17, 15) is 9.18 Å². The number of nitrogens with one attached hydrogen (secondary N) is 2. The molecule has 0 heterocycles. The van der Waals surface area contributed by atoms with Gasteiger partial charge in [-0.15, -0.1) is 0 Å². The highest BCUT2D eigenvalue weighted by atomic mass is 79.9. The highest BCUT2D eigenvalue weighted by Gasteiger charge is 2.15. The lowest BCUT2D eigenvalue weighted by Crippen LogP contribution is -2.18. The van der Waals surface area contributed by atoms with Gasteiger partial charge in [-0.25, -0.2) is 4.39 Å². The van der Waals surface area contributed by atoms with Crippen molar-refractivity contribution in [1.29, 1.82) is 0 Å². The van der Waals surface area contributed by atoms with Crippen molar-refractivity contribution < 1.29 is 9.18 Å². The predicted molar refractivity (Wildman–Crippen MR) is 81.0 cm³/mol. The van der Waals surface area contributed by atoms with E-state index in [1.165, 1.54) is 18.2 Å². The maximum atomic E-state index is 13.6. The molecule has 20 heavy (non-hydrogen) atoms. The highest BCUT2D eigenvalue weighted by Crippen LogP contribution is 2.25. The number of rotatable bonds is 3. The van der Waals surface area contributed by atoms with Crippen molar-refractivity contribution in [2.24, 2.45) is 5.84 Å². The third-order valence-electron chi connectivity index (χ3n) is 2.77. The van der Waals surface area contributed by atoms with Crippen molar-refractivity contribution in [2.45, 2.75) is 6.92 Å². The maximum Gasteiger partial charge on any atom is 0.257 e. The van der Waals surface area contributed by atoms with Crippen LogP contribution in [0.15, 0.2) is 40.9 Å². The van der Waals surface area contributed by atoms with Gasteiger partial charge in [0, 0.05) is 4.47 Å². The van der Waals surface area contributed by atoms with Crippen LogP contribution < -0.4 is 16.6 Å². The normalized spacial score (nSPS) is 10.2. The second-order valence-corrected chi connectivity index (χ2v) is 5.10. The summed E-state index contributed by atoms with van der Waals surface area (Å²) in [7, 11) is 0. The number of nitrogen functional groups attached to an aromatic ring is 1. The number of aryl methyl sites for hydroxylation is 1. The number of para-hydroxylation sites is 1. The predicted octanol–water partition coefficient (Wildman–Crippen LogP) is 3.43. The van der Waals surface area contributed by atoms with Crippen LogP contribution in [0, 0.1) is 12.7 Å². The number of amides is 1. The van der Waals surface area contributed by atoms with Crippen LogP contribution in [0.3, 0.4) is 0 Å². The summed E-state index contributed by atoms with van der Waals surface area (Å²) in [6.07, 6.45) is 0. The van der Waals surface area contributed by atoms with E-state index in [2.05, 4.69) is 26.7 Å². The topological polar surface area (TPSA) is 67.2 Å². The Hall–Kier alpha value is -1.92. The molecule has 0 saturated heterocycles. The van der Waals surface area contributed by atoms with Crippen molar-refractivity contribution in [1.82, 2.24) is 0 Å². The third-order valence-corrected chi connectivity index (χ3v) is 3.46. The molecule has 0 unspecified atom stereocenters. The first-order valence-electron chi connectivity index (χ1n) is 5.85. The molecule has 0 aromatic heterocycles. The minimum atomic E-state index is -0.580. The molecule has 2 aromatic carbocycles. The van der Waals surface area contributed by atoms with E-state index in [1.807, 2.05) is 25.1 Å². The minimum absolute atomic E-state index is 0.0335. The first-order valence-corrected chi connectivity index (χ1v) is 6.65. The number of carbonyl (C=O) groups is 1. The fourth-order valence-corrected chi connectivity index (χ4v) is 2.13. The number of hydrogen-bond acceptors (Lipinski definition) is 3. The molecule has 0 bridgehead atoms. The fourth-order valence-electron chi connectivity index (χ4n) is 1.78. The monoisotopic (exact) mass is 337 g/mol. The number of hydrazine groups is 1. The Morgan fingerprint density at radius 2 is 2.05 bits per heavy atom. The van der Waals surface area contributed by atoms with Crippen LogP contribution in [0.1, 0.15) is 15.9 Å². The molecule has 4 N–H and O–H groups in total. The van der Waals surface area contributed by atoms with Crippen molar-refractivity contribution in [3.63, 3.8) is 0 Å². The molecular weight excluding hydrogens is 325 g/mol. The molecule has 0 fully saturated rings. The number of carbonyl (C=O) groups excluding carboxylic acids is 1. The smallest absolute Gasteiger partial charge is 0.257 e. The van der Waals surface area contributed by atoms with Gasteiger partial charge in [0.1, 0.15) is 5.82 Å². The molecule has 0 spiro atoms. The van der Waals surface area contributed by atoms with Crippen molar-refractivity contribution in [3.05, 3.63) is 57.8 Å². The van der Waals surface area contributed by atoms with Crippen LogP contribution in [0.4, 0.5) is 15.8 Å². The average molecular weight is 338 g/mol. The fraction of sp³-hybridized carbons (Fsp3) is 0.0714. The summed E-state index contributed by atoms with van der Waals surface area (Å²) >= 11 is 3.35.